The van der Waals surface area contributed by atoms with Gasteiger partial charge in [-0.05, 0) is 24.6 Å². The number of hydrogen-bond acceptors (Lipinski definition) is 4. The van der Waals surface area contributed by atoms with E-state index < -0.39 is 0 Å². The van der Waals surface area contributed by atoms with E-state index in [9.17, 15) is 0 Å². The van der Waals surface area contributed by atoms with Crippen molar-refractivity contribution in [2.75, 3.05) is 0 Å². The van der Waals surface area contributed by atoms with Gasteiger partial charge in [0.15, 0.2) is 5.16 Å². The van der Waals surface area contributed by atoms with Crippen LogP contribution in [0.25, 0.3) is 0 Å². The lowest BCUT2D eigenvalue weighted by molar-refractivity contribution is 0.718. The maximum atomic E-state index is 6.22. The third-order valence-electron chi connectivity index (χ3n) is 2.46. The van der Waals surface area contributed by atoms with Crippen molar-refractivity contribution in [2.24, 2.45) is 5.73 Å². The minimum Gasteiger partial charge on any atom is -0.327 e. The number of aromatic nitrogens is 2. The largest absolute Gasteiger partial charge is 0.327 e. The van der Waals surface area contributed by atoms with Crippen molar-refractivity contribution >= 4 is 23.4 Å². The molecule has 3 nitrogen and oxygen atoms in total. The van der Waals surface area contributed by atoms with Gasteiger partial charge in [0.1, 0.15) is 0 Å². The van der Waals surface area contributed by atoms with Crippen molar-refractivity contribution in [3.8, 4) is 0 Å². The molecule has 0 aliphatic rings. The first kappa shape index (κ1) is 13.3. The zero-order chi connectivity index (χ0) is 13.0. The van der Waals surface area contributed by atoms with Crippen molar-refractivity contribution < 1.29 is 0 Å². The Bertz CT molecular complexity index is 505. The van der Waals surface area contributed by atoms with E-state index in [0.717, 1.165) is 10.6 Å². The molecule has 0 saturated carbocycles. The Morgan fingerprint density at radius 1 is 1.17 bits per heavy atom. The minimum absolute atomic E-state index is 0.0427. The zero-order valence-corrected chi connectivity index (χ0v) is 11.5. The van der Waals surface area contributed by atoms with Crippen LogP contribution in [0.4, 0.5) is 0 Å². The van der Waals surface area contributed by atoms with E-state index in [0.29, 0.717) is 5.16 Å². The predicted molar refractivity (Wildman–Crippen MR) is 75.7 cm³/mol. The summed E-state index contributed by atoms with van der Waals surface area (Å²) in [4.78, 5) is 8.42. The fourth-order valence-corrected chi connectivity index (χ4v) is 2.96. The molecule has 2 atom stereocenters. The number of rotatable bonds is 4. The number of halogens is 1. The fourth-order valence-electron chi connectivity index (χ4n) is 1.62. The van der Waals surface area contributed by atoms with Crippen LogP contribution in [0.5, 0.6) is 0 Å². The second kappa shape index (κ2) is 6.18. The van der Waals surface area contributed by atoms with Gasteiger partial charge in [0.05, 0.1) is 5.25 Å². The van der Waals surface area contributed by atoms with Gasteiger partial charge in [-0.3, -0.25) is 0 Å². The minimum atomic E-state index is -0.0429. The lowest BCUT2D eigenvalue weighted by atomic mass is 10.1. The van der Waals surface area contributed by atoms with Crippen LogP contribution < -0.4 is 5.73 Å². The van der Waals surface area contributed by atoms with Gasteiger partial charge < -0.3 is 5.73 Å². The monoisotopic (exact) mass is 279 g/mol. The highest BCUT2D eigenvalue weighted by Crippen LogP contribution is 2.38. The van der Waals surface area contributed by atoms with E-state index in [1.807, 2.05) is 31.2 Å². The van der Waals surface area contributed by atoms with Gasteiger partial charge in [0, 0.05) is 23.5 Å². The molecule has 2 N–H and O–H groups in total. The molecule has 0 aliphatic carbocycles. The Kier molecular flexibility index (Phi) is 4.58. The molecule has 2 aromatic rings. The molecular formula is C13H14ClN3S. The van der Waals surface area contributed by atoms with Crippen LogP contribution in [0.15, 0.2) is 47.9 Å². The Balaban J connectivity index is 2.27. The Morgan fingerprint density at radius 2 is 1.83 bits per heavy atom. The van der Waals surface area contributed by atoms with E-state index in [1.54, 1.807) is 18.5 Å². The Hall–Kier alpha value is -1.10. The quantitative estimate of drug-likeness (QED) is 0.689. The van der Waals surface area contributed by atoms with Crippen molar-refractivity contribution in [3.63, 3.8) is 0 Å². The number of thioether (sulfide) groups is 1. The van der Waals surface area contributed by atoms with E-state index in [1.165, 1.54) is 11.8 Å². The molecule has 2 unspecified atom stereocenters. The summed E-state index contributed by atoms with van der Waals surface area (Å²) in [6, 6.07) is 9.49. The van der Waals surface area contributed by atoms with Crippen molar-refractivity contribution in [2.45, 2.75) is 23.4 Å². The third-order valence-corrected chi connectivity index (χ3v) is 4.17. The summed E-state index contributed by atoms with van der Waals surface area (Å²) in [5.41, 5.74) is 7.07. The molecular weight excluding hydrogens is 266 g/mol. The molecule has 0 aliphatic heterocycles. The highest BCUT2D eigenvalue weighted by molar-refractivity contribution is 7.99. The van der Waals surface area contributed by atoms with Gasteiger partial charge in [-0.15, -0.1) is 0 Å². The average Bonchev–Trinajstić information content (AvgIpc) is 2.38. The van der Waals surface area contributed by atoms with Gasteiger partial charge in [-0.25, -0.2) is 9.97 Å². The van der Waals surface area contributed by atoms with E-state index in [-0.39, 0.29) is 11.3 Å². The van der Waals surface area contributed by atoms with E-state index in [2.05, 4.69) is 9.97 Å². The summed E-state index contributed by atoms with van der Waals surface area (Å²) >= 11 is 7.75. The lowest BCUT2D eigenvalue weighted by Crippen LogP contribution is -2.23. The molecule has 0 spiro atoms. The molecule has 1 heterocycles. The Morgan fingerprint density at radius 3 is 2.44 bits per heavy atom. The highest BCUT2D eigenvalue weighted by atomic mass is 35.5. The van der Waals surface area contributed by atoms with Gasteiger partial charge in [0.25, 0.3) is 0 Å². The summed E-state index contributed by atoms with van der Waals surface area (Å²) in [6.07, 6.45) is 3.44. The maximum absolute atomic E-state index is 6.22. The molecule has 18 heavy (non-hydrogen) atoms. The molecule has 1 aromatic carbocycles. The molecule has 0 radical (unpaired) electrons. The van der Waals surface area contributed by atoms with Crippen molar-refractivity contribution in [1.29, 1.82) is 0 Å². The van der Waals surface area contributed by atoms with Crippen LogP contribution >= 0.6 is 23.4 Å². The van der Waals surface area contributed by atoms with Crippen molar-refractivity contribution in [1.82, 2.24) is 9.97 Å². The molecule has 0 fully saturated rings. The zero-order valence-electron chi connectivity index (χ0n) is 9.95. The first-order valence-corrected chi connectivity index (χ1v) is 6.88. The van der Waals surface area contributed by atoms with E-state index >= 15 is 0 Å². The van der Waals surface area contributed by atoms with E-state index in [4.69, 9.17) is 17.3 Å². The number of nitrogens with zero attached hydrogens (tertiary/aromatic N) is 2. The molecule has 0 amide bonds. The first-order chi connectivity index (χ1) is 8.68. The molecule has 2 rings (SSSR count). The number of benzene rings is 1. The predicted octanol–water partition coefficient (Wildman–Crippen LogP) is 3.31. The summed E-state index contributed by atoms with van der Waals surface area (Å²) in [7, 11) is 0. The van der Waals surface area contributed by atoms with Crippen LogP contribution in [0.1, 0.15) is 17.7 Å². The third kappa shape index (κ3) is 3.22. The van der Waals surface area contributed by atoms with Gasteiger partial charge in [-0.2, -0.15) is 0 Å². The summed E-state index contributed by atoms with van der Waals surface area (Å²) < 4.78 is 0. The highest BCUT2D eigenvalue weighted by Gasteiger charge is 2.21. The first-order valence-electron chi connectivity index (χ1n) is 5.62. The molecule has 1 aromatic heterocycles. The van der Waals surface area contributed by atoms with Gasteiger partial charge >= 0.3 is 0 Å². The van der Waals surface area contributed by atoms with Crippen LogP contribution in [-0.2, 0) is 0 Å². The maximum Gasteiger partial charge on any atom is 0.188 e. The standard InChI is InChI=1S/C13H14ClN3S/c1-9(15)12(10-5-2-3-6-11(10)14)18-13-16-7-4-8-17-13/h2-9,12H,15H2,1H3. The SMILES string of the molecule is CC(N)C(Sc1ncccn1)c1ccccc1Cl. The normalized spacial score (nSPS) is 14.2. The Labute approximate surface area is 116 Å². The molecule has 5 heteroatoms. The second-order valence-corrected chi connectivity index (χ2v) is 5.47. The number of hydrogen-bond donors (Lipinski definition) is 1. The topological polar surface area (TPSA) is 51.8 Å². The van der Waals surface area contributed by atoms with Gasteiger partial charge in [0.2, 0.25) is 0 Å². The molecule has 94 valence electrons. The van der Waals surface area contributed by atoms with Crippen molar-refractivity contribution in [3.05, 3.63) is 53.3 Å². The summed E-state index contributed by atoms with van der Waals surface area (Å²) in [5, 5.41) is 1.48. The summed E-state index contributed by atoms with van der Waals surface area (Å²) in [6.45, 7) is 1.96. The second-order valence-electron chi connectivity index (χ2n) is 3.95. The molecule has 0 saturated heterocycles. The van der Waals surface area contributed by atoms with Gasteiger partial charge in [-0.1, -0.05) is 41.6 Å². The summed E-state index contributed by atoms with van der Waals surface area (Å²) in [5.74, 6) is 0. The lowest BCUT2D eigenvalue weighted by Gasteiger charge is -2.20. The van der Waals surface area contributed by atoms with Crippen LogP contribution in [0.3, 0.4) is 0 Å². The fraction of sp³-hybridized carbons (Fsp3) is 0.231. The van der Waals surface area contributed by atoms with Crippen LogP contribution in [-0.4, -0.2) is 16.0 Å². The average molecular weight is 280 g/mol. The van der Waals surface area contributed by atoms with Crippen LogP contribution in [0, 0.1) is 0 Å². The number of nitrogens with two attached hydrogens (primary N) is 1. The van der Waals surface area contributed by atoms with Crippen LogP contribution in [0.2, 0.25) is 5.02 Å². The molecule has 0 bridgehead atoms. The smallest absolute Gasteiger partial charge is 0.188 e.